The van der Waals surface area contributed by atoms with Crippen LogP contribution in [0.1, 0.15) is 23.6 Å². The van der Waals surface area contributed by atoms with Crippen LogP contribution in [0.5, 0.6) is 11.5 Å². The number of hydrogen-bond donors (Lipinski definition) is 0. The van der Waals surface area contributed by atoms with Gasteiger partial charge in [-0.3, -0.25) is 9.69 Å². The molecule has 0 saturated carbocycles. The minimum Gasteiger partial charge on any atom is -0.493 e. The molecule has 0 amide bonds. The molecule has 1 fully saturated rings. The van der Waals surface area contributed by atoms with Crippen molar-refractivity contribution in [1.29, 1.82) is 0 Å². The van der Waals surface area contributed by atoms with Crippen LogP contribution in [0.25, 0.3) is 6.08 Å². The van der Waals surface area contributed by atoms with Gasteiger partial charge in [-0.15, -0.1) is 0 Å². The third kappa shape index (κ3) is 5.39. The van der Waals surface area contributed by atoms with Gasteiger partial charge in [0.15, 0.2) is 11.5 Å². The fraction of sp³-hybridized carbons (Fsp3) is 0.375. The summed E-state index contributed by atoms with van der Waals surface area (Å²) in [6.07, 6.45) is 4.26. The minimum absolute atomic E-state index is 0.355. The molecule has 0 aromatic heterocycles. The third-order valence-corrected chi connectivity index (χ3v) is 5.24. The number of benzene rings is 2. The van der Waals surface area contributed by atoms with Gasteiger partial charge in [0.2, 0.25) is 0 Å². The number of hydrogen-bond acceptors (Lipinski definition) is 5. The lowest BCUT2D eigenvalue weighted by Gasteiger charge is -2.37. The highest BCUT2D eigenvalue weighted by Crippen LogP contribution is 2.29. The first-order valence-electron chi connectivity index (χ1n) is 10.0. The largest absolute Gasteiger partial charge is 0.493 e. The molecule has 0 atom stereocenters. The number of carbonyl (C=O) groups excluding carboxylic acids is 1. The topological polar surface area (TPSA) is 42.0 Å². The Labute approximate surface area is 173 Å². The number of para-hydroxylation sites is 1. The quantitative estimate of drug-likeness (QED) is 0.546. The zero-order chi connectivity index (χ0) is 20.8. The van der Waals surface area contributed by atoms with E-state index in [1.54, 1.807) is 13.2 Å². The van der Waals surface area contributed by atoms with Gasteiger partial charge < -0.3 is 14.4 Å². The van der Waals surface area contributed by atoms with Gasteiger partial charge in [-0.1, -0.05) is 36.4 Å². The van der Waals surface area contributed by atoms with E-state index < -0.39 is 0 Å². The SMILES string of the molecule is COc1cc(C=CCN2CCN(c3c(C)cccc3C)CC2)ccc1OC(C)=O. The Hall–Kier alpha value is -2.79. The second kappa shape index (κ2) is 9.61. The molecular formula is C24H30N2O3. The van der Waals surface area contributed by atoms with Crippen molar-refractivity contribution in [2.75, 3.05) is 44.7 Å². The molecule has 0 aliphatic carbocycles. The molecule has 1 aliphatic heterocycles. The number of carbonyl (C=O) groups is 1. The highest BCUT2D eigenvalue weighted by molar-refractivity contribution is 5.71. The van der Waals surface area contributed by atoms with Gasteiger partial charge in [-0.25, -0.2) is 0 Å². The standard InChI is InChI=1S/C24H30N2O3/c1-18-7-5-8-19(2)24(18)26-15-13-25(14-16-26)12-6-9-21-10-11-22(29-20(3)27)23(17-21)28-4/h5-11,17H,12-16H2,1-4H3. The number of nitrogens with zero attached hydrogens (tertiary/aromatic N) is 2. The average Bonchev–Trinajstić information content (AvgIpc) is 2.69. The van der Waals surface area contributed by atoms with Crippen molar-refractivity contribution >= 4 is 17.7 Å². The summed E-state index contributed by atoms with van der Waals surface area (Å²) in [5, 5.41) is 0. The first-order chi connectivity index (χ1) is 14.0. The van der Waals surface area contributed by atoms with Gasteiger partial charge >= 0.3 is 5.97 Å². The van der Waals surface area contributed by atoms with Crippen LogP contribution in [0.3, 0.4) is 0 Å². The number of methoxy groups -OCH3 is 1. The Morgan fingerprint density at radius 2 is 1.72 bits per heavy atom. The highest BCUT2D eigenvalue weighted by atomic mass is 16.6. The van der Waals surface area contributed by atoms with Crippen LogP contribution in [-0.2, 0) is 4.79 Å². The van der Waals surface area contributed by atoms with E-state index in [0.717, 1.165) is 38.3 Å². The average molecular weight is 395 g/mol. The van der Waals surface area contributed by atoms with Crippen molar-refractivity contribution < 1.29 is 14.3 Å². The molecule has 1 saturated heterocycles. The molecule has 0 spiro atoms. The van der Waals surface area contributed by atoms with E-state index in [1.165, 1.54) is 23.7 Å². The first-order valence-corrected chi connectivity index (χ1v) is 10.0. The fourth-order valence-electron chi connectivity index (χ4n) is 3.82. The summed E-state index contributed by atoms with van der Waals surface area (Å²) in [7, 11) is 1.57. The molecule has 0 bridgehead atoms. The molecule has 5 heteroatoms. The molecule has 5 nitrogen and oxygen atoms in total. The number of piperazine rings is 1. The number of rotatable bonds is 6. The maximum absolute atomic E-state index is 11.2. The number of anilines is 1. The highest BCUT2D eigenvalue weighted by Gasteiger charge is 2.18. The van der Waals surface area contributed by atoms with Crippen LogP contribution in [0.15, 0.2) is 42.5 Å². The number of ether oxygens (including phenoxy) is 2. The molecule has 0 unspecified atom stereocenters. The van der Waals surface area contributed by atoms with Crippen molar-refractivity contribution in [2.45, 2.75) is 20.8 Å². The Balaban J connectivity index is 1.55. The second-order valence-electron chi connectivity index (χ2n) is 7.43. The van der Waals surface area contributed by atoms with Crippen molar-refractivity contribution in [3.8, 4) is 11.5 Å². The maximum Gasteiger partial charge on any atom is 0.308 e. The molecule has 0 radical (unpaired) electrons. The molecule has 1 aliphatic rings. The van der Waals surface area contributed by atoms with Crippen LogP contribution < -0.4 is 14.4 Å². The van der Waals surface area contributed by atoms with Crippen LogP contribution in [0.4, 0.5) is 5.69 Å². The number of esters is 1. The maximum atomic E-state index is 11.2. The molecule has 0 N–H and O–H groups in total. The Bertz CT molecular complexity index is 863. The van der Waals surface area contributed by atoms with E-state index in [4.69, 9.17) is 9.47 Å². The monoisotopic (exact) mass is 394 g/mol. The lowest BCUT2D eigenvalue weighted by molar-refractivity contribution is -0.132. The van der Waals surface area contributed by atoms with Gasteiger partial charge in [0, 0.05) is 45.3 Å². The van der Waals surface area contributed by atoms with Crippen LogP contribution in [0, 0.1) is 13.8 Å². The van der Waals surface area contributed by atoms with Crippen LogP contribution in [-0.4, -0.2) is 50.7 Å². The summed E-state index contributed by atoms with van der Waals surface area (Å²) in [5.41, 5.74) is 5.11. The normalized spacial score (nSPS) is 15.0. The Kier molecular flexibility index (Phi) is 6.94. The zero-order valence-electron chi connectivity index (χ0n) is 17.8. The van der Waals surface area contributed by atoms with E-state index in [2.05, 4.69) is 54.0 Å². The van der Waals surface area contributed by atoms with E-state index >= 15 is 0 Å². The smallest absolute Gasteiger partial charge is 0.308 e. The van der Waals surface area contributed by atoms with E-state index in [0.29, 0.717) is 11.5 Å². The Morgan fingerprint density at radius 1 is 1.03 bits per heavy atom. The van der Waals surface area contributed by atoms with Crippen LogP contribution >= 0.6 is 0 Å². The second-order valence-corrected chi connectivity index (χ2v) is 7.43. The van der Waals surface area contributed by atoms with Crippen molar-refractivity contribution in [3.05, 3.63) is 59.2 Å². The van der Waals surface area contributed by atoms with Gasteiger partial charge in [0.1, 0.15) is 0 Å². The molecule has 2 aromatic carbocycles. The Morgan fingerprint density at radius 3 is 2.34 bits per heavy atom. The summed E-state index contributed by atoms with van der Waals surface area (Å²) in [4.78, 5) is 16.1. The molecule has 3 rings (SSSR count). The minimum atomic E-state index is -0.355. The van der Waals surface area contributed by atoms with E-state index in [9.17, 15) is 4.79 Å². The van der Waals surface area contributed by atoms with Gasteiger partial charge in [-0.2, -0.15) is 0 Å². The van der Waals surface area contributed by atoms with Gasteiger partial charge in [0.05, 0.1) is 7.11 Å². The predicted octanol–water partition coefficient (Wildman–Crippen LogP) is 4.07. The van der Waals surface area contributed by atoms with Crippen molar-refractivity contribution in [2.24, 2.45) is 0 Å². The summed E-state index contributed by atoms with van der Waals surface area (Å²) >= 11 is 0. The van der Waals surface area contributed by atoms with Crippen molar-refractivity contribution in [1.82, 2.24) is 4.90 Å². The van der Waals surface area contributed by atoms with E-state index in [1.807, 2.05) is 12.1 Å². The molecular weight excluding hydrogens is 364 g/mol. The fourth-order valence-corrected chi connectivity index (χ4v) is 3.82. The summed E-state index contributed by atoms with van der Waals surface area (Å²) in [6, 6.07) is 12.1. The van der Waals surface area contributed by atoms with Gasteiger partial charge in [-0.05, 0) is 42.7 Å². The predicted molar refractivity (Wildman–Crippen MR) is 118 cm³/mol. The summed E-state index contributed by atoms with van der Waals surface area (Å²) in [5.74, 6) is 0.649. The molecule has 29 heavy (non-hydrogen) atoms. The number of aryl methyl sites for hydroxylation is 2. The molecule has 2 aromatic rings. The first kappa shape index (κ1) is 20.9. The van der Waals surface area contributed by atoms with Gasteiger partial charge in [0.25, 0.3) is 0 Å². The lowest BCUT2D eigenvalue weighted by atomic mass is 10.1. The zero-order valence-corrected chi connectivity index (χ0v) is 17.8. The van der Waals surface area contributed by atoms with Crippen molar-refractivity contribution in [3.63, 3.8) is 0 Å². The summed E-state index contributed by atoms with van der Waals surface area (Å²) < 4.78 is 10.5. The molecule has 154 valence electrons. The lowest BCUT2D eigenvalue weighted by Crippen LogP contribution is -2.46. The van der Waals surface area contributed by atoms with E-state index in [-0.39, 0.29) is 5.97 Å². The van der Waals surface area contributed by atoms with Crippen LogP contribution in [0.2, 0.25) is 0 Å². The summed E-state index contributed by atoms with van der Waals surface area (Å²) in [6.45, 7) is 10.9. The third-order valence-electron chi connectivity index (χ3n) is 5.24. The molecule has 1 heterocycles.